The van der Waals surface area contributed by atoms with Crippen LogP contribution in [0.3, 0.4) is 0 Å². The van der Waals surface area contributed by atoms with Crippen molar-refractivity contribution in [3.05, 3.63) is 53.6 Å². The normalized spacial score (nSPS) is 12.4. The largest absolute Gasteiger partial charge is 0.478 e. The highest BCUT2D eigenvalue weighted by Gasteiger charge is 1.99. The molecule has 0 heterocycles. The average Bonchev–Trinajstić information content (AvgIpc) is 2.28. The highest BCUT2D eigenvalue weighted by atomic mass is 16.4. The van der Waals surface area contributed by atoms with E-state index >= 15 is 0 Å². The predicted molar refractivity (Wildman–Crippen MR) is 71.0 cm³/mol. The molecule has 0 bridgehead atoms. The van der Waals surface area contributed by atoms with Crippen LogP contribution in [0.1, 0.15) is 37.8 Å². The van der Waals surface area contributed by atoms with Gasteiger partial charge in [0, 0.05) is 6.08 Å². The zero-order valence-corrected chi connectivity index (χ0v) is 10.5. The molecule has 0 fully saturated rings. The molecule has 0 aliphatic rings. The second kappa shape index (κ2) is 6.04. The standard InChI is InChI=1S/C15H18O2/c1-11(2)13-7-9-14(10-8-13)12(3)5-4-6-15(16)17/h4-11H,1-3H3,(H,16,17)/b6-4+,12-5+. The Bertz CT molecular complexity index is 436. The van der Waals surface area contributed by atoms with Crippen molar-refractivity contribution >= 4 is 11.5 Å². The second-order valence-corrected chi connectivity index (χ2v) is 4.32. The van der Waals surface area contributed by atoms with Gasteiger partial charge in [-0.05, 0) is 29.5 Å². The molecule has 90 valence electrons. The van der Waals surface area contributed by atoms with Gasteiger partial charge in [-0.1, -0.05) is 50.3 Å². The van der Waals surface area contributed by atoms with Crippen LogP contribution in [0.5, 0.6) is 0 Å². The molecule has 1 aromatic rings. The van der Waals surface area contributed by atoms with Gasteiger partial charge in [-0.2, -0.15) is 0 Å². The van der Waals surface area contributed by atoms with E-state index in [1.54, 1.807) is 12.2 Å². The molecule has 2 nitrogen and oxygen atoms in total. The van der Waals surface area contributed by atoms with Crippen LogP contribution in [-0.2, 0) is 4.79 Å². The molecule has 0 spiro atoms. The van der Waals surface area contributed by atoms with Crippen LogP contribution in [0.2, 0.25) is 0 Å². The molecule has 17 heavy (non-hydrogen) atoms. The lowest BCUT2D eigenvalue weighted by Crippen LogP contribution is -1.88. The number of aliphatic carboxylic acids is 1. The first-order valence-corrected chi connectivity index (χ1v) is 5.69. The first-order chi connectivity index (χ1) is 8.00. The Morgan fingerprint density at radius 3 is 2.29 bits per heavy atom. The minimum atomic E-state index is -0.927. The number of allylic oxidation sites excluding steroid dienone is 3. The molecule has 1 rings (SSSR count). The van der Waals surface area contributed by atoms with Crippen LogP contribution in [0, 0.1) is 0 Å². The van der Waals surface area contributed by atoms with E-state index < -0.39 is 5.97 Å². The van der Waals surface area contributed by atoms with Gasteiger partial charge in [0.1, 0.15) is 0 Å². The van der Waals surface area contributed by atoms with Crippen molar-refractivity contribution in [3.63, 3.8) is 0 Å². The van der Waals surface area contributed by atoms with Gasteiger partial charge in [-0.25, -0.2) is 4.79 Å². The summed E-state index contributed by atoms with van der Waals surface area (Å²) in [6.07, 6.45) is 4.48. The van der Waals surface area contributed by atoms with Crippen molar-refractivity contribution in [2.75, 3.05) is 0 Å². The summed E-state index contributed by atoms with van der Waals surface area (Å²) in [5.74, 6) is -0.399. The molecule has 0 aliphatic heterocycles. The number of benzene rings is 1. The van der Waals surface area contributed by atoms with Gasteiger partial charge in [0.05, 0.1) is 0 Å². The fourth-order valence-corrected chi connectivity index (χ4v) is 1.50. The van der Waals surface area contributed by atoms with Gasteiger partial charge >= 0.3 is 5.97 Å². The molecule has 2 heteroatoms. The Kier molecular flexibility index (Phi) is 4.70. The molecule has 0 unspecified atom stereocenters. The van der Waals surface area contributed by atoms with Crippen LogP contribution >= 0.6 is 0 Å². The van der Waals surface area contributed by atoms with Crippen LogP contribution in [0.25, 0.3) is 5.57 Å². The molecule has 0 aliphatic carbocycles. The van der Waals surface area contributed by atoms with E-state index in [0.717, 1.165) is 17.2 Å². The molecule has 0 saturated heterocycles. The van der Waals surface area contributed by atoms with Crippen molar-refractivity contribution in [1.82, 2.24) is 0 Å². The van der Waals surface area contributed by atoms with Crippen LogP contribution in [0.15, 0.2) is 42.5 Å². The highest BCUT2D eigenvalue weighted by molar-refractivity contribution is 5.80. The first kappa shape index (κ1) is 13.2. The van der Waals surface area contributed by atoms with E-state index in [1.165, 1.54) is 5.56 Å². The molecule has 1 aromatic carbocycles. The molecular formula is C15H18O2. The third kappa shape index (κ3) is 4.27. The number of rotatable bonds is 4. The SMILES string of the molecule is C/C(=C\C=C\C(=O)O)c1ccc(C(C)C)cc1. The fraction of sp³-hybridized carbons (Fsp3) is 0.267. The molecule has 0 atom stereocenters. The van der Waals surface area contributed by atoms with E-state index in [2.05, 4.69) is 38.1 Å². The van der Waals surface area contributed by atoms with Crippen molar-refractivity contribution in [2.24, 2.45) is 0 Å². The molecule has 1 N–H and O–H groups in total. The van der Waals surface area contributed by atoms with Gasteiger partial charge in [0.15, 0.2) is 0 Å². The Balaban J connectivity index is 2.82. The summed E-state index contributed by atoms with van der Waals surface area (Å²) in [7, 11) is 0. The Morgan fingerprint density at radius 1 is 1.24 bits per heavy atom. The summed E-state index contributed by atoms with van der Waals surface area (Å²) >= 11 is 0. The molecule has 0 aromatic heterocycles. The summed E-state index contributed by atoms with van der Waals surface area (Å²) < 4.78 is 0. The van der Waals surface area contributed by atoms with E-state index in [4.69, 9.17) is 5.11 Å². The molecule has 0 radical (unpaired) electrons. The average molecular weight is 230 g/mol. The zero-order chi connectivity index (χ0) is 12.8. The van der Waals surface area contributed by atoms with Crippen molar-refractivity contribution in [1.29, 1.82) is 0 Å². The maximum absolute atomic E-state index is 10.3. The predicted octanol–water partition coefficient (Wildman–Crippen LogP) is 3.85. The number of hydrogen-bond donors (Lipinski definition) is 1. The van der Waals surface area contributed by atoms with Gasteiger partial charge in [0.25, 0.3) is 0 Å². The van der Waals surface area contributed by atoms with Gasteiger partial charge in [-0.15, -0.1) is 0 Å². The summed E-state index contributed by atoms with van der Waals surface area (Å²) in [5.41, 5.74) is 3.48. The Morgan fingerprint density at radius 2 is 1.82 bits per heavy atom. The third-order valence-electron chi connectivity index (χ3n) is 2.62. The van der Waals surface area contributed by atoms with E-state index in [9.17, 15) is 4.79 Å². The number of hydrogen-bond acceptors (Lipinski definition) is 1. The number of carboxylic acids is 1. The quantitative estimate of drug-likeness (QED) is 0.630. The van der Waals surface area contributed by atoms with E-state index in [-0.39, 0.29) is 0 Å². The highest BCUT2D eigenvalue weighted by Crippen LogP contribution is 2.19. The van der Waals surface area contributed by atoms with E-state index in [1.807, 2.05) is 6.92 Å². The summed E-state index contributed by atoms with van der Waals surface area (Å²) in [6, 6.07) is 8.35. The Labute approximate surface area is 102 Å². The lowest BCUT2D eigenvalue weighted by Gasteiger charge is -2.06. The minimum absolute atomic E-state index is 0.528. The Hall–Kier alpha value is -1.83. The summed E-state index contributed by atoms with van der Waals surface area (Å²) in [6.45, 7) is 6.29. The molecule has 0 saturated carbocycles. The van der Waals surface area contributed by atoms with Crippen LogP contribution < -0.4 is 0 Å². The monoisotopic (exact) mass is 230 g/mol. The number of carboxylic acid groups (broad SMARTS) is 1. The number of carbonyl (C=O) groups is 1. The topological polar surface area (TPSA) is 37.3 Å². The van der Waals surface area contributed by atoms with Gasteiger partial charge < -0.3 is 5.11 Å². The van der Waals surface area contributed by atoms with Crippen LogP contribution in [-0.4, -0.2) is 11.1 Å². The lowest BCUT2D eigenvalue weighted by molar-refractivity contribution is -0.131. The first-order valence-electron chi connectivity index (χ1n) is 5.69. The third-order valence-corrected chi connectivity index (χ3v) is 2.62. The van der Waals surface area contributed by atoms with E-state index in [0.29, 0.717) is 5.92 Å². The van der Waals surface area contributed by atoms with Crippen LogP contribution in [0.4, 0.5) is 0 Å². The summed E-state index contributed by atoms with van der Waals surface area (Å²) in [4.78, 5) is 10.3. The lowest BCUT2D eigenvalue weighted by atomic mass is 9.99. The van der Waals surface area contributed by atoms with Crippen molar-refractivity contribution in [3.8, 4) is 0 Å². The van der Waals surface area contributed by atoms with Gasteiger partial charge in [-0.3, -0.25) is 0 Å². The fourth-order valence-electron chi connectivity index (χ4n) is 1.50. The van der Waals surface area contributed by atoms with Crippen molar-refractivity contribution in [2.45, 2.75) is 26.7 Å². The maximum atomic E-state index is 10.3. The smallest absolute Gasteiger partial charge is 0.328 e. The summed E-state index contributed by atoms with van der Waals surface area (Å²) in [5, 5.41) is 8.48. The molecular weight excluding hydrogens is 212 g/mol. The molecule has 0 amide bonds. The second-order valence-electron chi connectivity index (χ2n) is 4.32. The maximum Gasteiger partial charge on any atom is 0.328 e. The zero-order valence-electron chi connectivity index (χ0n) is 10.5. The van der Waals surface area contributed by atoms with Gasteiger partial charge in [0.2, 0.25) is 0 Å². The minimum Gasteiger partial charge on any atom is -0.478 e. The van der Waals surface area contributed by atoms with Crippen molar-refractivity contribution < 1.29 is 9.90 Å².